The van der Waals surface area contributed by atoms with Gasteiger partial charge in [0, 0.05) is 5.56 Å². The van der Waals surface area contributed by atoms with Crippen molar-refractivity contribution in [3.05, 3.63) is 65.2 Å². The molecule has 2 aromatic carbocycles. The molecule has 0 saturated carbocycles. The number of thioether (sulfide) groups is 1. The molecule has 0 radical (unpaired) electrons. The number of hydrogen-bond acceptors (Lipinski definition) is 7. The normalized spacial score (nSPS) is 17.7. The van der Waals surface area contributed by atoms with Crippen molar-refractivity contribution in [3.63, 3.8) is 0 Å². The van der Waals surface area contributed by atoms with Gasteiger partial charge < -0.3 is 4.18 Å². The van der Waals surface area contributed by atoms with Gasteiger partial charge in [0.05, 0.1) is 5.57 Å². The molecule has 1 N–H and O–H groups in total. The summed E-state index contributed by atoms with van der Waals surface area (Å²) in [6.07, 6.45) is -3.64. The van der Waals surface area contributed by atoms with Crippen molar-refractivity contribution in [1.29, 1.82) is 5.41 Å². The van der Waals surface area contributed by atoms with E-state index in [2.05, 4.69) is 10.1 Å². The van der Waals surface area contributed by atoms with E-state index in [4.69, 9.17) is 9.59 Å². The molecule has 0 atom stereocenters. The summed E-state index contributed by atoms with van der Waals surface area (Å²) in [7, 11) is -4.21. The van der Waals surface area contributed by atoms with Crippen LogP contribution in [-0.4, -0.2) is 41.6 Å². The van der Waals surface area contributed by atoms with Gasteiger partial charge in [0.2, 0.25) is 10.2 Å². The second-order valence-electron chi connectivity index (χ2n) is 6.81. The Balaban J connectivity index is 1.68. The number of carbonyl (C=O) groups excluding carboxylic acids is 1. The number of nitrogens with zero attached hydrogens (tertiary/aromatic N) is 3. The average Bonchev–Trinajstić information content (AvgIpc) is 3.17. The number of amides is 1. The minimum absolute atomic E-state index is 0.0885. The number of alkyl halides is 3. The zero-order valence-electron chi connectivity index (χ0n) is 16.6. The number of aryl methyl sites for hydroxylation is 1. The van der Waals surface area contributed by atoms with Gasteiger partial charge in [-0.1, -0.05) is 35.9 Å². The van der Waals surface area contributed by atoms with Crippen LogP contribution in [-0.2, 0) is 14.9 Å². The van der Waals surface area contributed by atoms with E-state index in [1.807, 2.05) is 0 Å². The molecule has 2 heterocycles. The SMILES string of the molecule is Cc1ccc(S(=O)(=O)Oc2ccccc2/C=C2\C(=N)N3N=C(C(F)(F)F)SC3=NC2=O)cc1. The lowest BCUT2D eigenvalue weighted by Crippen LogP contribution is -2.35. The molecule has 0 bridgehead atoms. The standard InChI is InChI=1S/C20H13F3N4O4S2/c1-11-6-8-13(9-7-11)33(29,30)31-15-5-3-2-4-12(15)10-14-16(24)27-19(25-17(14)28)32-18(26-27)20(21,22)23/h2-10,24H,1H3/b14-10+,24-16?. The summed E-state index contributed by atoms with van der Waals surface area (Å²) in [5.41, 5.74) is 0.576. The summed E-state index contributed by atoms with van der Waals surface area (Å²) in [5.74, 6) is -1.74. The second-order valence-corrected chi connectivity index (χ2v) is 9.31. The first kappa shape index (κ1) is 22.7. The van der Waals surface area contributed by atoms with Crippen LogP contribution in [0.4, 0.5) is 13.2 Å². The third kappa shape index (κ3) is 4.54. The predicted octanol–water partition coefficient (Wildman–Crippen LogP) is 3.94. The van der Waals surface area contributed by atoms with Gasteiger partial charge in [-0.25, -0.2) is 0 Å². The lowest BCUT2D eigenvalue weighted by molar-refractivity contribution is -0.114. The number of para-hydroxylation sites is 1. The largest absolute Gasteiger partial charge is 0.441 e. The Morgan fingerprint density at radius 1 is 1.12 bits per heavy atom. The molecule has 4 rings (SSSR count). The van der Waals surface area contributed by atoms with E-state index in [9.17, 15) is 26.4 Å². The van der Waals surface area contributed by atoms with Crippen molar-refractivity contribution < 1.29 is 30.6 Å². The first-order valence-electron chi connectivity index (χ1n) is 9.13. The second kappa shape index (κ2) is 8.15. The van der Waals surface area contributed by atoms with Crippen LogP contribution in [0, 0.1) is 12.3 Å². The van der Waals surface area contributed by atoms with Crippen molar-refractivity contribution in [2.24, 2.45) is 10.1 Å². The van der Waals surface area contributed by atoms with Crippen molar-refractivity contribution in [1.82, 2.24) is 5.01 Å². The molecule has 0 spiro atoms. The van der Waals surface area contributed by atoms with Gasteiger partial charge in [-0.15, -0.1) is 0 Å². The lowest BCUT2D eigenvalue weighted by atomic mass is 10.1. The van der Waals surface area contributed by atoms with Gasteiger partial charge in [-0.2, -0.15) is 36.7 Å². The lowest BCUT2D eigenvalue weighted by Gasteiger charge is -2.20. The Morgan fingerprint density at radius 3 is 2.45 bits per heavy atom. The molecule has 0 aliphatic carbocycles. The Kier molecular flexibility index (Phi) is 5.62. The van der Waals surface area contributed by atoms with Crippen molar-refractivity contribution in [2.45, 2.75) is 18.0 Å². The Hall–Kier alpha value is -3.45. The molecule has 0 aromatic heterocycles. The summed E-state index contributed by atoms with van der Waals surface area (Å²) in [4.78, 5) is 15.9. The first-order chi connectivity index (χ1) is 15.5. The van der Waals surface area contributed by atoms with Gasteiger partial charge in [0.15, 0.2) is 5.84 Å². The fourth-order valence-corrected chi connectivity index (χ4v) is 4.52. The van der Waals surface area contributed by atoms with Crippen LogP contribution in [0.5, 0.6) is 5.75 Å². The van der Waals surface area contributed by atoms with Gasteiger partial charge in [0.25, 0.3) is 5.91 Å². The summed E-state index contributed by atoms with van der Waals surface area (Å²) < 4.78 is 69.4. The number of hydrazone groups is 1. The van der Waals surface area contributed by atoms with Gasteiger partial charge in [-0.3, -0.25) is 10.2 Å². The Bertz CT molecular complexity index is 1360. The number of hydrogen-bond donors (Lipinski definition) is 1. The highest BCUT2D eigenvalue weighted by Crippen LogP contribution is 2.36. The number of benzene rings is 2. The molecule has 2 aliphatic heterocycles. The molecule has 0 unspecified atom stereocenters. The van der Waals surface area contributed by atoms with Crippen molar-refractivity contribution >= 4 is 49.9 Å². The monoisotopic (exact) mass is 494 g/mol. The maximum atomic E-state index is 13.0. The van der Waals surface area contributed by atoms with Gasteiger partial charge >= 0.3 is 16.3 Å². The highest BCUT2D eigenvalue weighted by molar-refractivity contribution is 8.27. The first-order valence-corrected chi connectivity index (χ1v) is 11.4. The Labute approximate surface area is 190 Å². The molecule has 1 amide bonds. The minimum Gasteiger partial charge on any atom is -0.378 e. The van der Waals surface area contributed by atoms with Crippen molar-refractivity contribution in [3.8, 4) is 5.75 Å². The molecule has 0 fully saturated rings. The van der Waals surface area contributed by atoms with Crippen molar-refractivity contribution in [2.75, 3.05) is 0 Å². The van der Waals surface area contributed by atoms with E-state index in [0.717, 1.165) is 11.6 Å². The third-order valence-electron chi connectivity index (χ3n) is 4.42. The highest BCUT2D eigenvalue weighted by Gasteiger charge is 2.46. The molecule has 8 nitrogen and oxygen atoms in total. The number of rotatable bonds is 4. The molecule has 170 valence electrons. The zero-order valence-corrected chi connectivity index (χ0v) is 18.3. The average molecular weight is 494 g/mol. The molecule has 0 saturated heterocycles. The summed E-state index contributed by atoms with van der Waals surface area (Å²) >= 11 is 0.135. The van der Waals surface area contributed by atoms with Crippen LogP contribution in [0.2, 0.25) is 0 Å². The van der Waals surface area contributed by atoms with Gasteiger partial charge in [0.1, 0.15) is 10.6 Å². The van der Waals surface area contributed by atoms with Crippen LogP contribution in [0.3, 0.4) is 0 Å². The van der Waals surface area contributed by atoms with E-state index >= 15 is 0 Å². The van der Waals surface area contributed by atoms with Crippen LogP contribution < -0.4 is 4.18 Å². The third-order valence-corrected chi connectivity index (χ3v) is 6.63. The number of amidine groups is 2. The zero-order chi connectivity index (χ0) is 24.0. The predicted molar refractivity (Wildman–Crippen MR) is 117 cm³/mol. The molecular formula is C20H13F3N4O4S2. The van der Waals surface area contributed by atoms with E-state index in [1.165, 1.54) is 36.4 Å². The number of halogens is 3. The quantitative estimate of drug-likeness (QED) is 0.509. The van der Waals surface area contributed by atoms with E-state index in [1.54, 1.807) is 19.1 Å². The maximum Gasteiger partial charge on any atom is 0.441 e. The molecule has 33 heavy (non-hydrogen) atoms. The molecular weight excluding hydrogens is 481 g/mol. The van der Waals surface area contributed by atoms with Crippen LogP contribution in [0.25, 0.3) is 6.08 Å². The number of aliphatic imine (C=N–C) groups is 1. The summed E-state index contributed by atoms with van der Waals surface area (Å²) in [6, 6.07) is 11.8. The number of nitrogens with one attached hydrogen (secondary N) is 1. The fraction of sp³-hybridized carbons (Fsp3) is 0.100. The van der Waals surface area contributed by atoms with E-state index in [0.29, 0.717) is 5.01 Å². The summed E-state index contributed by atoms with van der Waals surface area (Å²) in [5, 5.41) is 10.5. The molecule has 2 aromatic rings. The molecule has 2 aliphatic rings. The molecule has 13 heteroatoms. The maximum absolute atomic E-state index is 13.0. The highest BCUT2D eigenvalue weighted by atomic mass is 32.2. The smallest absolute Gasteiger partial charge is 0.378 e. The summed E-state index contributed by atoms with van der Waals surface area (Å²) in [6.45, 7) is 1.79. The minimum atomic E-state index is -4.76. The van der Waals surface area contributed by atoms with Crippen LogP contribution in [0.1, 0.15) is 11.1 Å². The van der Waals surface area contributed by atoms with Gasteiger partial charge in [-0.05, 0) is 43.0 Å². The number of fused-ring (bicyclic) bond motifs is 1. The fourth-order valence-electron chi connectivity index (χ4n) is 2.81. The number of carbonyl (C=O) groups is 1. The van der Waals surface area contributed by atoms with E-state index in [-0.39, 0.29) is 38.7 Å². The van der Waals surface area contributed by atoms with Crippen LogP contribution in [0.15, 0.2) is 69.1 Å². The Morgan fingerprint density at radius 2 is 1.79 bits per heavy atom. The van der Waals surface area contributed by atoms with E-state index < -0.39 is 33.1 Å². The van der Waals surface area contributed by atoms with Crippen LogP contribution >= 0.6 is 11.8 Å². The topological polar surface area (TPSA) is 112 Å².